The monoisotopic (exact) mass is 548 g/mol. The Morgan fingerprint density at radius 2 is 1.87 bits per heavy atom. The number of benzene rings is 1. The number of aromatic nitrogens is 3. The minimum absolute atomic E-state index is 0.00390. The molecule has 1 aliphatic heterocycles. The largest absolute Gasteiger partial charge is 0.413 e. The normalized spacial score (nSPS) is 25.2. The third kappa shape index (κ3) is 4.13. The van der Waals surface area contributed by atoms with E-state index in [-0.39, 0.29) is 16.9 Å². The first-order valence-electron chi connectivity index (χ1n) is 12.9. The highest BCUT2D eigenvalue weighted by Crippen LogP contribution is 2.58. The Morgan fingerprint density at radius 3 is 2.47 bits per heavy atom. The van der Waals surface area contributed by atoms with Gasteiger partial charge in [-0.1, -0.05) is 30.7 Å². The molecule has 202 valence electrons. The van der Waals surface area contributed by atoms with Crippen LogP contribution in [0.1, 0.15) is 72.9 Å². The number of amides is 1. The van der Waals surface area contributed by atoms with Gasteiger partial charge in [0.25, 0.3) is 0 Å². The molecule has 2 atom stereocenters. The van der Waals surface area contributed by atoms with E-state index in [1.807, 2.05) is 0 Å². The Hall–Kier alpha value is -2.82. The molecular formula is C27H28F4N4O2S. The molecule has 0 radical (unpaired) electrons. The van der Waals surface area contributed by atoms with Crippen LogP contribution in [0.15, 0.2) is 36.5 Å². The first kappa shape index (κ1) is 25.5. The van der Waals surface area contributed by atoms with Crippen LogP contribution in [0.2, 0.25) is 0 Å². The van der Waals surface area contributed by atoms with Crippen molar-refractivity contribution in [1.29, 1.82) is 0 Å². The Morgan fingerprint density at radius 1 is 1.18 bits per heavy atom. The molecule has 1 saturated heterocycles. The lowest BCUT2D eigenvalue weighted by Crippen LogP contribution is -2.43. The molecule has 0 bridgehead atoms. The molecule has 0 N–H and O–H groups in total. The average Bonchev–Trinajstić information content (AvgIpc) is 3.41. The lowest BCUT2D eigenvalue weighted by Gasteiger charge is -2.39. The van der Waals surface area contributed by atoms with Gasteiger partial charge in [0.15, 0.2) is 11.7 Å². The van der Waals surface area contributed by atoms with Crippen LogP contribution in [0.3, 0.4) is 0 Å². The lowest BCUT2D eigenvalue weighted by molar-refractivity contribution is -0.190. The van der Waals surface area contributed by atoms with Crippen LogP contribution in [0.5, 0.6) is 0 Å². The van der Waals surface area contributed by atoms with Crippen LogP contribution in [-0.2, 0) is 21.0 Å². The van der Waals surface area contributed by atoms with Gasteiger partial charge in [0, 0.05) is 64.4 Å². The van der Waals surface area contributed by atoms with E-state index < -0.39 is 40.8 Å². The van der Waals surface area contributed by atoms with Crippen LogP contribution >= 0.6 is 0 Å². The number of alkyl halides is 3. The summed E-state index contributed by atoms with van der Waals surface area (Å²) >= 11 is 0. The maximum Gasteiger partial charge on any atom is 0.413 e. The van der Waals surface area contributed by atoms with E-state index in [4.69, 9.17) is 0 Å². The second kappa shape index (κ2) is 9.14. The van der Waals surface area contributed by atoms with Gasteiger partial charge in [-0.15, -0.1) is 5.10 Å². The fourth-order valence-corrected chi connectivity index (χ4v) is 7.94. The lowest BCUT2D eigenvalue weighted by atomic mass is 9.66. The molecule has 3 aliphatic rings. The number of hydrogen-bond acceptors (Lipinski definition) is 4. The zero-order chi connectivity index (χ0) is 26.8. The van der Waals surface area contributed by atoms with Crippen molar-refractivity contribution >= 4 is 22.4 Å². The number of hydrogen-bond donors (Lipinski definition) is 0. The summed E-state index contributed by atoms with van der Waals surface area (Å²) in [5, 5.41) is 4.04. The first-order chi connectivity index (χ1) is 18.1. The predicted octanol–water partition coefficient (Wildman–Crippen LogP) is 5.05. The highest BCUT2D eigenvalue weighted by molar-refractivity contribution is 7.85. The molecule has 1 amide bonds. The smallest absolute Gasteiger partial charge is 0.330 e. The summed E-state index contributed by atoms with van der Waals surface area (Å²) in [6.07, 6.45) is 1.50. The van der Waals surface area contributed by atoms with Gasteiger partial charge in [-0.05, 0) is 43.2 Å². The van der Waals surface area contributed by atoms with Gasteiger partial charge in [-0.25, -0.2) is 9.50 Å². The fraction of sp³-hybridized carbons (Fsp3) is 0.519. The van der Waals surface area contributed by atoms with Crippen molar-refractivity contribution < 1.29 is 26.6 Å². The van der Waals surface area contributed by atoms with Crippen molar-refractivity contribution in [3.05, 3.63) is 64.9 Å². The molecule has 3 heterocycles. The minimum Gasteiger partial charge on any atom is -0.330 e. The molecule has 2 aromatic heterocycles. The van der Waals surface area contributed by atoms with Crippen LogP contribution in [-0.4, -0.2) is 54.3 Å². The van der Waals surface area contributed by atoms with E-state index in [0.29, 0.717) is 30.0 Å². The van der Waals surface area contributed by atoms with Gasteiger partial charge < -0.3 is 4.90 Å². The number of fused-ring (bicyclic) bond motifs is 4. The fourth-order valence-electron chi connectivity index (χ4n) is 6.64. The molecule has 2 fully saturated rings. The maximum atomic E-state index is 14.3. The van der Waals surface area contributed by atoms with Crippen molar-refractivity contribution in [3.63, 3.8) is 0 Å². The number of halogens is 4. The summed E-state index contributed by atoms with van der Waals surface area (Å²) in [4.78, 5) is 18.2. The molecule has 6 nitrogen and oxygen atoms in total. The van der Waals surface area contributed by atoms with E-state index in [9.17, 15) is 26.6 Å². The van der Waals surface area contributed by atoms with E-state index in [1.165, 1.54) is 25.2 Å². The molecule has 2 aliphatic carbocycles. The van der Waals surface area contributed by atoms with Crippen LogP contribution in [0, 0.1) is 11.9 Å². The van der Waals surface area contributed by atoms with Crippen molar-refractivity contribution in [1.82, 2.24) is 19.5 Å². The summed E-state index contributed by atoms with van der Waals surface area (Å²) in [6, 6.07) is 5.55. The van der Waals surface area contributed by atoms with Gasteiger partial charge in [0.2, 0.25) is 11.9 Å². The quantitative estimate of drug-likeness (QED) is 0.428. The number of carbonyl (C=O) groups excluding carboxylic acids is 1. The van der Waals surface area contributed by atoms with Gasteiger partial charge in [0.05, 0.1) is 5.69 Å². The molecule has 2 unspecified atom stereocenters. The van der Waals surface area contributed by atoms with Crippen LogP contribution in [0.4, 0.5) is 17.6 Å². The van der Waals surface area contributed by atoms with Gasteiger partial charge in [-0.2, -0.15) is 17.6 Å². The molecule has 1 aromatic carbocycles. The van der Waals surface area contributed by atoms with Crippen LogP contribution < -0.4 is 0 Å². The Balaban J connectivity index is 1.30. The summed E-state index contributed by atoms with van der Waals surface area (Å²) in [7, 11) is 0.197. The molecular weight excluding hydrogens is 520 g/mol. The topological polar surface area (TPSA) is 67.6 Å². The second-order valence-electron chi connectivity index (χ2n) is 10.9. The SMILES string of the molecule is CN(C(=O)C1CCS(=O)CC1)C(c1ccc(C2CC3(CCC3)c3c2cnc2cc(F)nn32)cc1)C(F)(F)F. The zero-order valence-corrected chi connectivity index (χ0v) is 21.7. The van der Waals surface area contributed by atoms with E-state index in [2.05, 4.69) is 10.1 Å². The molecule has 38 heavy (non-hydrogen) atoms. The van der Waals surface area contributed by atoms with Gasteiger partial charge in [-0.3, -0.25) is 9.00 Å². The Kier molecular flexibility index (Phi) is 6.12. The number of nitrogens with zero attached hydrogens (tertiary/aromatic N) is 4. The van der Waals surface area contributed by atoms with E-state index in [1.54, 1.807) is 22.8 Å². The molecule has 11 heteroatoms. The van der Waals surface area contributed by atoms with Gasteiger partial charge >= 0.3 is 6.18 Å². The third-order valence-corrected chi connectivity index (χ3v) is 10.1. The van der Waals surface area contributed by atoms with Crippen molar-refractivity contribution in [2.24, 2.45) is 5.92 Å². The molecule has 1 saturated carbocycles. The van der Waals surface area contributed by atoms with Gasteiger partial charge in [0.1, 0.15) is 0 Å². The highest BCUT2D eigenvalue weighted by atomic mass is 32.2. The van der Waals surface area contributed by atoms with E-state index in [0.717, 1.165) is 47.4 Å². The number of carbonyl (C=O) groups is 1. The first-order valence-corrected chi connectivity index (χ1v) is 14.4. The second-order valence-corrected chi connectivity index (χ2v) is 12.6. The summed E-state index contributed by atoms with van der Waals surface area (Å²) in [6.45, 7) is 0. The predicted molar refractivity (Wildman–Crippen MR) is 134 cm³/mol. The standard InChI is InChI=1S/C27H28F4N4O2S/c1-34(25(36)18-7-11-38(37)12-8-18)23(27(29,30)31)17-5-3-16(4-6-17)19-14-26(9-2-10-26)24-20(19)15-32-22-13-21(28)33-35(22)24/h3-6,13,15,18-19,23H,2,7-12,14H2,1H3. The summed E-state index contributed by atoms with van der Waals surface area (Å²) in [5.74, 6) is -1.11. The highest BCUT2D eigenvalue weighted by Gasteiger charge is 2.51. The zero-order valence-electron chi connectivity index (χ0n) is 20.9. The van der Waals surface area contributed by atoms with Crippen molar-refractivity contribution in [2.45, 2.75) is 62.1 Å². The van der Waals surface area contributed by atoms with Crippen molar-refractivity contribution in [2.75, 3.05) is 18.6 Å². The third-order valence-electron chi connectivity index (χ3n) is 8.70. The van der Waals surface area contributed by atoms with E-state index >= 15 is 0 Å². The Labute approximate surface area is 219 Å². The molecule has 6 rings (SSSR count). The average molecular weight is 549 g/mol. The maximum absolute atomic E-state index is 14.3. The molecule has 1 spiro atoms. The Bertz CT molecular complexity index is 1410. The minimum atomic E-state index is -4.65. The molecule has 3 aromatic rings. The van der Waals surface area contributed by atoms with Crippen molar-refractivity contribution in [3.8, 4) is 0 Å². The summed E-state index contributed by atoms with van der Waals surface area (Å²) < 4.78 is 70.0. The summed E-state index contributed by atoms with van der Waals surface area (Å²) in [5.41, 5.74) is 3.06. The van der Waals surface area contributed by atoms with Crippen LogP contribution in [0.25, 0.3) is 5.65 Å². The number of rotatable bonds is 4.